The molecule has 0 aliphatic heterocycles. The van der Waals surface area contributed by atoms with Crippen LogP contribution in [-0.4, -0.2) is 42.1 Å². The predicted octanol–water partition coefficient (Wildman–Crippen LogP) is 4.18. The third-order valence-corrected chi connectivity index (χ3v) is 4.76. The molecular formula is C20H25N5S. The maximum atomic E-state index is 4.69. The summed E-state index contributed by atoms with van der Waals surface area (Å²) >= 11 is 1.74. The molecule has 2 heterocycles. The Morgan fingerprint density at radius 2 is 1.85 bits per heavy atom. The highest BCUT2D eigenvalue weighted by Gasteiger charge is 2.07. The fourth-order valence-corrected chi connectivity index (χ4v) is 3.20. The Bertz CT molecular complexity index is 787. The van der Waals surface area contributed by atoms with Crippen LogP contribution in [0.1, 0.15) is 11.3 Å². The molecule has 0 atom stereocenters. The Kier molecular flexibility index (Phi) is 6.57. The smallest absolute Gasteiger partial charge is 0.225 e. The minimum absolute atomic E-state index is 0.666. The van der Waals surface area contributed by atoms with Gasteiger partial charge in [0.25, 0.3) is 0 Å². The zero-order valence-electron chi connectivity index (χ0n) is 15.3. The van der Waals surface area contributed by atoms with Crippen LogP contribution in [0.4, 0.5) is 11.8 Å². The summed E-state index contributed by atoms with van der Waals surface area (Å²) in [5, 5.41) is 8.86. The first kappa shape index (κ1) is 18.4. The van der Waals surface area contributed by atoms with Crippen molar-refractivity contribution < 1.29 is 0 Å². The second-order valence-electron chi connectivity index (χ2n) is 6.34. The molecule has 0 unspecified atom stereocenters. The van der Waals surface area contributed by atoms with E-state index in [1.54, 1.807) is 11.3 Å². The second-order valence-corrected chi connectivity index (χ2v) is 7.38. The number of nitrogens with one attached hydrogen (secondary N) is 2. The van der Waals surface area contributed by atoms with Crippen molar-refractivity contribution in [2.75, 3.05) is 37.8 Å². The molecule has 0 radical (unpaired) electrons. The van der Waals surface area contributed by atoms with Crippen molar-refractivity contribution >= 4 is 23.1 Å². The minimum Gasteiger partial charge on any atom is -0.365 e. The number of anilines is 2. The number of rotatable bonds is 9. The van der Waals surface area contributed by atoms with Crippen molar-refractivity contribution in [3.63, 3.8) is 0 Å². The lowest BCUT2D eigenvalue weighted by Crippen LogP contribution is -2.17. The first-order valence-corrected chi connectivity index (χ1v) is 9.68. The van der Waals surface area contributed by atoms with E-state index in [1.807, 2.05) is 24.3 Å². The SMILES string of the molecule is CN(C)CCCNc1nc(NCc2cccs2)cc(-c2ccccc2)n1. The summed E-state index contributed by atoms with van der Waals surface area (Å²) in [7, 11) is 4.16. The van der Waals surface area contributed by atoms with Crippen LogP contribution in [0, 0.1) is 0 Å². The maximum Gasteiger partial charge on any atom is 0.225 e. The molecule has 0 aliphatic rings. The van der Waals surface area contributed by atoms with E-state index in [-0.39, 0.29) is 0 Å². The molecule has 6 heteroatoms. The summed E-state index contributed by atoms with van der Waals surface area (Å²) in [5.41, 5.74) is 2.01. The largest absolute Gasteiger partial charge is 0.365 e. The third-order valence-electron chi connectivity index (χ3n) is 3.88. The van der Waals surface area contributed by atoms with Crippen molar-refractivity contribution in [2.45, 2.75) is 13.0 Å². The van der Waals surface area contributed by atoms with Crippen molar-refractivity contribution in [3.8, 4) is 11.3 Å². The Balaban J connectivity index is 1.75. The predicted molar refractivity (Wildman–Crippen MR) is 111 cm³/mol. The molecule has 0 fully saturated rings. The monoisotopic (exact) mass is 367 g/mol. The van der Waals surface area contributed by atoms with E-state index in [1.165, 1.54) is 4.88 Å². The van der Waals surface area contributed by atoms with E-state index in [0.717, 1.165) is 43.1 Å². The molecule has 1 aromatic carbocycles. The number of nitrogens with zero attached hydrogens (tertiary/aromatic N) is 3. The molecule has 136 valence electrons. The van der Waals surface area contributed by atoms with Gasteiger partial charge in [-0.1, -0.05) is 36.4 Å². The normalized spacial score (nSPS) is 10.9. The second kappa shape index (κ2) is 9.31. The molecule has 2 N–H and O–H groups in total. The molecule has 0 spiro atoms. The Labute approximate surface area is 159 Å². The lowest BCUT2D eigenvalue weighted by Gasteiger charge is -2.12. The fourth-order valence-electron chi connectivity index (χ4n) is 2.56. The van der Waals surface area contributed by atoms with Gasteiger partial charge in [0.05, 0.1) is 12.2 Å². The number of aromatic nitrogens is 2. The van der Waals surface area contributed by atoms with Crippen LogP contribution in [0.5, 0.6) is 0 Å². The number of benzene rings is 1. The standard InChI is InChI=1S/C20H25N5S/c1-25(2)12-7-11-21-20-23-18(16-8-4-3-5-9-16)14-19(24-20)22-15-17-10-6-13-26-17/h3-6,8-10,13-14H,7,11-12,15H2,1-2H3,(H2,21,22,23,24). The molecule has 0 aliphatic carbocycles. The lowest BCUT2D eigenvalue weighted by molar-refractivity contribution is 0.405. The molecule has 5 nitrogen and oxygen atoms in total. The Hall–Kier alpha value is -2.44. The van der Waals surface area contributed by atoms with Gasteiger partial charge in [-0.2, -0.15) is 4.98 Å². The third kappa shape index (κ3) is 5.54. The summed E-state index contributed by atoms with van der Waals surface area (Å²) in [6.07, 6.45) is 1.05. The van der Waals surface area contributed by atoms with Crippen molar-refractivity contribution in [2.24, 2.45) is 0 Å². The van der Waals surface area contributed by atoms with Gasteiger partial charge >= 0.3 is 0 Å². The van der Waals surface area contributed by atoms with Crippen LogP contribution in [0.3, 0.4) is 0 Å². The molecule has 0 bridgehead atoms. The van der Waals surface area contributed by atoms with Crippen molar-refractivity contribution in [3.05, 3.63) is 58.8 Å². The van der Waals surface area contributed by atoms with Gasteiger partial charge in [0.1, 0.15) is 5.82 Å². The van der Waals surface area contributed by atoms with Crippen LogP contribution in [0.25, 0.3) is 11.3 Å². The van der Waals surface area contributed by atoms with Crippen LogP contribution in [-0.2, 0) is 6.54 Å². The van der Waals surface area contributed by atoms with Crippen LogP contribution in [0.2, 0.25) is 0 Å². The number of hydrogen-bond donors (Lipinski definition) is 2. The van der Waals surface area contributed by atoms with Crippen LogP contribution < -0.4 is 10.6 Å². The fraction of sp³-hybridized carbons (Fsp3) is 0.300. The number of thiophene rings is 1. The van der Waals surface area contributed by atoms with Gasteiger partial charge in [0.15, 0.2) is 0 Å². The van der Waals surface area contributed by atoms with Crippen LogP contribution in [0.15, 0.2) is 53.9 Å². The van der Waals surface area contributed by atoms with E-state index in [2.05, 4.69) is 64.3 Å². The molecular weight excluding hydrogens is 342 g/mol. The molecule has 2 aromatic heterocycles. The molecule has 0 saturated carbocycles. The highest BCUT2D eigenvalue weighted by atomic mass is 32.1. The zero-order chi connectivity index (χ0) is 18.2. The lowest BCUT2D eigenvalue weighted by atomic mass is 10.1. The molecule has 3 aromatic rings. The van der Waals surface area contributed by atoms with Gasteiger partial charge in [-0.3, -0.25) is 0 Å². The van der Waals surface area contributed by atoms with Gasteiger partial charge in [-0.05, 0) is 38.5 Å². The van der Waals surface area contributed by atoms with Crippen molar-refractivity contribution in [1.82, 2.24) is 14.9 Å². The molecule has 26 heavy (non-hydrogen) atoms. The van der Waals surface area contributed by atoms with E-state index >= 15 is 0 Å². The maximum absolute atomic E-state index is 4.69. The van der Waals surface area contributed by atoms with Gasteiger partial charge in [0.2, 0.25) is 5.95 Å². The average molecular weight is 368 g/mol. The summed E-state index contributed by atoms with van der Waals surface area (Å²) in [6, 6.07) is 16.4. The topological polar surface area (TPSA) is 53.1 Å². The van der Waals surface area contributed by atoms with Gasteiger partial charge < -0.3 is 15.5 Å². The van der Waals surface area contributed by atoms with E-state index in [4.69, 9.17) is 4.98 Å². The highest BCUT2D eigenvalue weighted by molar-refractivity contribution is 7.09. The highest BCUT2D eigenvalue weighted by Crippen LogP contribution is 2.22. The Morgan fingerprint density at radius 1 is 1.00 bits per heavy atom. The average Bonchev–Trinajstić information content (AvgIpc) is 3.18. The van der Waals surface area contributed by atoms with Gasteiger partial charge in [-0.15, -0.1) is 11.3 Å². The summed E-state index contributed by atoms with van der Waals surface area (Å²) in [4.78, 5) is 12.8. The molecule has 0 amide bonds. The van der Waals surface area contributed by atoms with E-state index in [9.17, 15) is 0 Å². The first-order valence-electron chi connectivity index (χ1n) is 8.80. The summed E-state index contributed by atoms with van der Waals surface area (Å²) in [5.74, 6) is 1.50. The minimum atomic E-state index is 0.666. The quantitative estimate of drug-likeness (QED) is 0.556. The summed E-state index contributed by atoms with van der Waals surface area (Å²) < 4.78 is 0. The van der Waals surface area contributed by atoms with Gasteiger partial charge in [0, 0.05) is 23.1 Å². The van der Waals surface area contributed by atoms with Crippen molar-refractivity contribution in [1.29, 1.82) is 0 Å². The summed E-state index contributed by atoms with van der Waals surface area (Å²) in [6.45, 7) is 2.65. The first-order chi connectivity index (χ1) is 12.7. The van der Waals surface area contributed by atoms with E-state index < -0.39 is 0 Å². The van der Waals surface area contributed by atoms with Crippen LogP contribution >= 0.6 is 11.3 Å². The van der Waals surface area contributed by atoms with E-state index in [0.29, 0.717) is 5.95 Å². The number of hydrogen-bond acceptors (Lipinski definition) is 6. The zero-order valence-corrected chi connectivity index (χ0v) is 16.1. The molecule has 3 rings (SSSR count). The Morgan fingerprint density at radius 3 is 2.58 bits per heavy atom. The molecule has 0 saturated heterocycles. The van der Waals surface area contributed by atoms with Gasteiger partial charge in [-0.25, -0.2) is 4.98 Å².